The molecule has 0 N–H and O–H groups in total. The molecule has 1 fully saturated rings. The van der Waals surface area contributed by atoms with Crippen molar-refractivity contribution in [2.75, 3.05) is 18.6 Å². The Morgan fingerprint density at radius 2 is 1.65 bits per heavy atom. The van der Waals surface area contributed by atoms with E-state index in [1.807, 2.05) is 0 Å². The van der Waals surface area contributed by atoms with Crippen molar-refractivity contribution in [3.8, 4) is 5.75 Å². The third-order valence-corrected chi connectivity index (χ3v) is 6.93. The van der Waals surface area contributed by atoms with Crippen LogP contribution in [0.15, 0.2) is 66.4 Å². The van der Waals surface area contributed by atoms with Gasteiger partial charge in [0.25, 0.3) is 5.91 Å². The highest BCUT2D eigenvalue weighted by Crippen LogP contribution is 2.32. The minimum atomic E-state index is -0.554. The van der Waals surface area contributed by atoms with Crippen molar-refractivity contribution < 1.29 is 19.1 Å². The average Bonchev–Trinajstić information content (AvgIpc) is 3.09. The first-order valence-corrected chi connectivity index (χ1v) is 12.7. The summed E-state index contributed by atoms with van der Waals surface area (Å²) in [6.07, 6.45) is 1.60. The second-order valence-corrected chi connectivity index (χ2v) is 9.86. The van der Waals surface area contributed by atoms with Gasteiger partial charge in [-0.25, -0.2) is 0 Å². The summed E-state index contributed by atoms with van der Waals surface area (Å²) in [6.45, 7) is -0.0559. The fourth-order valence-corrected chi connectivity index (χ4v) is 4.70. The number of rotatable bonds is 7. The predicted octanol–water partition coefficient (Wildman–Crippen LogP) is 7.03. The minimum absolute atomic E-state index is 0.134. The molecule has 6 nitrogen and oxygen atoms in total. The summed E-state index contributed by atoms with van der Waals surface area (Å²) in [5, 5.41) is 1.98. The molecule has 3 aromatic rings. The molecular formula is C26H18Cl4N2O4S. The summed E-state index contributed by atoms with van der Waals surface area (Å²) >= 11 is 30.1. The molecule has 37 heavy (non-hydrogen) atoms. The van der Waals surface area contributed by atoms with E-state index in [9.17, 15) is 9.59 Å². The fourth-order valence-electron chi connectivity index (χ4n) is 3.52. The first kappa shape index (κ1) is 27.2. The molecule has 4 rings (SSSR count). The van der Waals surface area contributed by atoms with Crippen LogP contribution in [-0.4, -0.2) is 35.5 Å². The van der Waals surface area contributed by atoms with Crippen LogP contribution >= 0.6 is 58.6 Å². The Morgan fingerprint density at radius 3 is 2.30 bits per heavy atom. The number of benzene rings is 3. The van der Waals surface area contributed by atoms with Gasteiger partial charge in [-0.3, -0.25) is 14.5 Å². The Labute approximate surface area is 238 Å². The summed E-state index contributed by atoms with van der Waals surface area (Å²) < 4.78 is 10.6. The van der Waals surface area contributed by atoms with Crippen LogP contribution in [0.1, 0.15) is 11.1 Å². The number of nitrogens with zero attached hydrogens (tertiary/aromatic N) is 2. The van der Waals surface area contributed by atoms with Crippen molar-refractivity contribution >= 4 is 87.4 Å². The van der Waals surface area contributed by atoms with Gasteiger partial charge in [0.2, 0.25) is 0 Å². The molecule has 1 amide bonds. The van der Waals surface area contributed by atoms with Gasteiger partial charge in [-0.1, -0.05) is 58.5 Å². The topological polar surface area (TPSA) is 59.1 Å². The van der Waals surface area contributed by atoms with Gasteiger partial charge >= 0.3 is 5.97 Å². The number of hydrogen-bond donors (Lipinski definition) is 0. The lowest BCUT2D eigenvalue weighted by atomic mass is 10.1. The lowest BCUT2D eigenvalue weighted by molar-refractivity contribution is -0.140. The van der Waals surface area contributed by atoms with Crippen molar-refractivity contribution in [3.63, 3.8) is 0 Å². The Bertz CT molecular complexity index is 1410. The van der Waals surface area contributed by atoms with Gasteiger partial charge < -0.3 is 14.4 Å². The molecule has 1 aliphatic heterocycles. The smallest absolute Gasteiger partial charge is 0.325 e. The molecule has 190 valence electrons. The Kier molecular flexibility index (Phi) is 8.62. The van der Waals surface area contributed by atoms with E-state index in [4.69, 9.17) is 68.1 Å². The highest BCUT2D eigenvalue weighted by molar-refractivity contribution is 7.80. The van der Waals surface area contributed by atoms with Gasteiger partial charge in [0, 0.05) is 20.6 Å². The standard InChI is InChI=1S/C26H18Cl4N2O4S/c1-35-24(33)13-31-22(25(34)32(26(31)37)19-7-5-17(27)6-8-19)11-15-2-9-23(21(30)10-15)36-14-16-3-4-18(28)12-20(16)29/h2-12H,13-14H2,1H3/b22-11-. The molecule has 1 aliphatic rings. The second kappa shape index (κ2) is 11.7. The lowest BCUT2D eigenvalue weighted by Crippen LogP contribution is -2.35. The Morgan fingerprint density at radius 1 is 0.946 bits per heavy atom. The molecule has 0 aromatic heterocycles. The number of methoxy groups -OCH3 is 1. The maximum absolute atomic E-state index is 13.4. The van der Waals surface area contributed by atoms with Crippen LogP contribution in [-0.2, 0) is 20.9 Å². The number of ether oxygens (including phenoxy) is 2. The molecule has 1 saturated heterocycles. The van der Waals surface area contributed by atoms with Crippen molar-refractivity contribution in [1.82, 2.24) is 4.90 Å². The zero-order valence-corrected chi connectivity index (χ0v) is 23.1. The number of hydrogen-bond acceptors (Lipinski definition) is 5. The van der Waals surface area contributed by atoms with Crippen molar-refractivity contribution in [2.45, 2.75) is 6.61 Å². The number of carbonyl (C=O) groups excluding carboxylic acids is 2. The van der Waals surface area contributed by atoms with Crippen LogP contribution < -0.4 is 9.64 Å². The van der Waals surface area contributed by atoms with Gasteiger partial charge in [-0.15, -0.1) is 0 Å². The van der Waals surface area contributed by atoms with E-state index in [2.05, 4.69) is 0 Å². The van der Waals surface area contributed by atoms with Crippen LogP contribution in [0.2, 0.25) is 20.1 Å². The summed E-state index contributed by atoms with van der Waals surface area (Å²) in [7, 11) is 1.26. The summed E-state index contributed by atoms with van der Waals surface area (Å²) in [5.41, 5.74) is 2.04. The van der Waals surface area contributed by atoms with Crippen molar-refractivity contribution in [1.29, 1.82) is 0 Å². The normalized spacial score (nSPS) is 14.5. The van der Waals surface area contributed by atoms with Crippen LogP contribution in [0.3, 0.4) is 0 Å². The van der Waals surface area contributed by atoms with E-state index in [1.165, 1.54) is 16.9 Å². The predicted molar refractivity (Wildman–Crippen MR) is 150 cm³/mol. The molecule has 0 radical (unpaired) electrons. The van der Waals surface area contributed by atoms with Crippen molar-refractivity contribution in [2.24, 2.45) is 0 Å². The van der Waals surface area contributed by atoms with Gasteiger partial charge in [-0.05, 0) is 72.4 Å². The molecule has 0 spiro atoms. The third kappa shape index (κ3) is 6.20. The quantitative estimate of drug-likeness (QED) is 0.166. The number of carbonyl (C=O) groups is 2. The molecular weight excluding hydrogens is 578 g/mol. The third-order valence-electron chi connectivity index (χ3n) is 5.39. The maximum Gasteiger partial charge on any atom is 0.325 e. The highest BCUT2D eigenvalue weighted by Gasteiger charge is 2.40. The zero-order valence-electron chi connectivity index (χ0n) is 19.2. The number of halogens is 4. The molecule has 0 bridgehead atoms. The summed E-state index contributed by atoms with van der Waals surface area (Å²) in [5.74, 6) is -0.538. The van der Waals surface area contributed by atoms with Crippen molar-refractivity contribution in [3.05, 3.63) is 97.6 Å². The van der Waals surface area contributed by atoms with Crippen LogP contribution in [0.5, 0.6) is 5.75 Å². The largest absolute Gasteiger partial charge is 0.487 e. The second-order valence-electron chi connectivity index (χ2n) is 7.81. The van der Waals surface area contributed by atoms with E-state index in [-0.39, 0.29) is 24.0 Å². The monoisotopic (exact) mass is 594 g/mol. The van der Waals surface area contributed by atoms with Gasteiger partial charge in [0.15, 0.2) is 5.11 Å². The van der Waals surface area contributed by atoms with E-state index in [0.29, 0.717) is 37.1 Å². The summed E-state index contributed by atoms with van der Waals surface area (Å²) in [6, 6.07) is 16.8. The van der Waals surface area contributed by atoms with E-state index >= 15 is 0 Å². The summed E-state index contributed by atoms with van der Waals surface area (Å²) in [4.78, 5) is 28.2. The molecule has 0 atom stereocenters. The van der Waals surface area contributed by atoms with Gasteiger partial charge in [-0.2, -0.15) is 0 Å². The average molecular weight is 596 g/mol. The molecule has 11 heteroatoms. The number of anilines is 1. The highest BCUT2D eigenvalue weighted by atomic mass is 35.5. The van der Waals surface area contributed by atoms with Gasteiger partial charge in [0.1, 0.15) is 24.6 Å². The van der Waals surface area contributed by atoms with Crippen LogP contribution in [0, 0.1) is 0 Å². The van der Waals surface area contributed by atoms with E-state index in [0.717, 1.165) is 5.56 Å². The molecule has 0 saturated carbocycles. The molecule has 0 aliphatic carbocycles. The first-order chi connectivity index (χ1) is 17.7. The van der Waals surface area contributed by atoms with Crippen LogP contribution in [0.25, 0.3) is 6.08 Å². The zero-order chi connectivity index (χ0) is 26.7. The van der Waals surface area contributed by atoms with Gasteiger partial charge in [0.05, 0.1) is 17.8 Å². The SMILES string of the molecule is COC(=O)CN1C(=S)N(c2ccc(Cl)cc2)C(=O)/C1=C/c1ccc(OCc2ccc(Cl)cc2Cl)c(Cl)c1. The fraction of sp³-hybridized carbons (Fsp3) is 0.115. The molecule has 3 aromatic carbocycles. The Hall–Kier alpha value is -2.81. The molecule has 0 unspecified atom stereocenters. The van der Waals surface area contributed by atoms with E-state index in [1.54, 1.807) is 66.7 Å². The lowest BCUT2D eigenvalue weighted by Gasteiger charge is -2.19. The number of esters is 1. The van der Waals surface area contributed by atoms with Crippen LogP contribution in [0.4, 0.5) is 5.69 Å². The number of amides is 1. The Balaban J connectivity index is 1.61. The minimum Gasteiger partial charge on any atom is -0.487 e. The van der Waals surface area contributed by atoms with E-state index < -0.39 is 11.9 Å². The number of thiocarbonyl (C=S) groups is 1. The first-order valence-electron chi connectivity index (χ1n) is 10.7. The molecule has 1 heterocycles. The maximum atomic E-state index is 13.4.